The van der Waals surface area contributed by atoms with Gasteiger partial charge in [-0.15, -0.1) is 0 Å². The van der Waals surface area contributed by atoms with Crippen molar-refractivity contribution in [2.75, 3.05) is 19.6 Å². The van der Waals surface area contributed by atoms with Gasteiger partial charge in [0.05, 0.1) is 17.8 Å². The minimum absolute atomic E-state index is 0.0469. The molecule has 3 aromatic rings. The third kappa shape index (κ3) is 4.49. The van der Waals surface area contributed by atoms with Crippen LogP contribution in [-0.4, -0.2) is 46.8 Å². The Morgan fingerprint density at radius 3 is 2.31 bits per heavy atom. The topological polar surface area (TPSA) is 54.3 Å². The highest BCUT2D eigenvalue weighted by molar-refractivity contribution is 6.14. The largest absolute Gasteiger partial charge is 0.354 e. The molecule has 5 heteroatoms. The van der Waals surface area contributed by atoms with E-state index in [0.717, 1.165) is 60.2 Å². The van der Waals surface area contributed by atoms with E-state index in [2.05, 4.69) is 46.0 Å². The van der Waals surface area contributed by atoms with Crippen LogP contribution in [0.2, 0.25) is 0 Å². The van der Waals surface area contributed by atoms with Gasteiger partial charge in [0.2, 0.25) is 5.91 Å². The van der Waals surface area contributed by atoms with E-state index in [9.17, 15) is 9.59 Å². The van der Waals surface area contributed by atoms with Gasteiger partial charge in [-0.1, -0.05) is 48.5 Å². The fraction of sp³-hybridized carbons (Fsp3) is 0.407. The van der Waals surface area contributed by atoms with Gasteiger partial charge in [-0.3, -0.25) is 14.5 Å². The number of aromatic nitrogens is 1. The number of benzene rings is 2. The molecule has 0 aliphatic carbocycles. The number of rotatable bonds is 7. The van der Waals surface area contributed by atoms with Crippen molar-refractivity contribution in [3.63, 3.8) is 0 Å². The summed E-state index contributed by atoms with van der Waals surface area (Å²) in [6.45, 7) is 8.83. The average molecular weight is 432 g/mol. The average Bonchev–Trinajstić information content (AvgIpc) is 3.14. The fourth-order valence-electron chi connectivity index (χ4n) is 4.85. The number of hydrogen-bond donors (Lipinski definition) is 1. The molecule has 0 saturated carbocycles. The summed E-state index contributed by atoms with van der Waals surface area (Å²) < 4.78 is 2.25. The first-order chi connectivity index (χ1) is 15.5. The first-order valence-electron chi connectivity index (χ1n) is 11.7. The molecule has 0 spiro atoms. The normalized spacial score (nSPS) is 15.4. The summed E-state index contributed by atoms with van der Waals surface area (Å²) in [5, 5.41) is 4.04. The third-order valence-corrected chi connectivity index (χ3v) is 6.37. The molecule has 1 aliphatic rings. The van der Waals surface area contributed by atoms with E-state index in [0.29, 0.717) is 6.54 Å². The second-order valence-corrected chi connectivity index (χ2v) is 8.99. The zero-order valence-electron chi connectivity index (χ0n) is 19.3. The Hall–Kier alpha value is -2.92. The number of amides is 1. The van der Waals surface area contributed by atoms with E-state index in [-0.39, 0.29) is 23.7 Å². The molecule has 2 aromatic carbocycles. The van der Waals surface area contributed by atoms with Crippen LogP contribution in [0.25, 0.3) is 22.2 Å². The summed E-state index contributed by atoms with van der Waals surface area (Å²) in [6, 6.07) is 18.6. The molecule has 0 atom stereocenters. The van der Waals surface area contributed by atoms with Crippen LogP contribution in [0, 0.1) is 5.92 Å². The molecule has 1 fully saturated rings. The number of nitrogens with zero attached hydrogens (tertiary/aromatic N) is 2. The van der Waals surface area contributed by atoms with Crippen molar-refractivity contribution in [2.45, 2.75) is 46.2 Å². The van der Waals surface area contributed by atoms with Crippen molar-refractivity contribution in [2.24, 2.45) is 5.92 Å². The first-order valence-corrected chi connectivity index (χ1v) is 11.7. The Kier molecular flexibility index (Phi) is 6.75. The maximum Gasteiger partial charge on any atom is 0.223 e. The molecule has 1 aliphatic heterocycles. The van der Waals surface area contributed by atoms with Crippen LogP contribution in [0.15, 0.2) is 54.6 Å². The molecule has 5 nitrogen and oxygen atoms in total. The number of para-hydroxylation sites is 1. The molecule has 4 rings (SSSR count). The monoisotopic (exact) mass is 431 g/mol. The number of carbonyl (C=O) groups excluding carboxylic acids is 2. The van der Waals surface area contributed by atoms with Crippen molar-refractivity contribution in [3.05, 3.63) is 60.2 Å². The van der Waals surface area contributed by atoms with Gasteiger partial charge in [0.1, 0.15) is 0 Å². The number of Topliss-reactive ketones (excluding diaryl/α,β-unsaturated/α-hetero) is 1. The molecule has 2 heterocycles. The summed E-state index contributed by atoms with van der Waals surface area (Å²) in [5.41, 5.74) is 3.98. The van der Waals surface area contributed by atoms with Crippen molar-refractivity contribution < 1.29 is 9.59 Å². The number of aryl methyl sites for hydroxylation is 1. The standard InChI is InChI=1S/C27H33N3O2/c1-4-30-23-13-9-8-12-22(23)25(26(30)20-10-6-5-7-11-20)24(31)18-29-16-14-21(15-17-29)27(32)28-19(2)3/h5-13,19,21H,4,14-18H2,1-3H3,(H,28,32). The predicted octanol–water partition coefficient (Wildman–Crippen LogP) is 4.75. The summed E-state index contributed by atoms with van der Waals surface area (Å²) in [7, 11) is 0. The van der Waals surface area contributed by atoms with Gasteiger partial charge in [-0.2, -0.15) is 0 Å². The molecular weight excluding hydrogens is 398 g/mol. The quantitative estimate of drug-likeness (QED) is 0.550. The van der Waals surface area contributed by atoms with Crippen LogP contribution < -0.4 is 5.32 Å². The second kappa shape index (κ2) is 9.70. The van der Waals surface area contributed by atoms with Gasteiger partial charge in [0, 0.05) is 29.4 Å². The molecule has 1 N–H and O–H groups in total. The van der Waals surface area contributed by atoms with Crippen LogP contribution in [-0.2, 0) is 11.3 Å². The highest BCUT2D eigenvalue weighted by atomic mass is 16.2. The van der Waals surface area contributed by atoms with Crippen LogP contribution in [0.4, 0.5) is 0 Å². The lowest BCUT2D eigenvalue weighted by Gasteiger charge is -2.31. The van der Waals surface area contributed by atoms with Crippen molar-refractivity contribution in [1.29, 1.82) is 0 Å². The summed E-state index contributed by atoms with van der Waals surface area (Å²) in [4.78, 5) is 28.2. The molecule has 1 aromatic heterocycles. The lowest BCUT2D eigenvalue weighted by Crippen LogP contribution is -2.43. The lowest BCUT2D eigenvalue weighted by molar-refractivity contribution is -0.126. The van der Waals surface area contributed by atoms with Gasteiger partial charge in [-0.05, 0) is 58.3 Å². The SMILES string of the molecule is CCn1c(-c2ccccc2)c(C(=O)CN2CCC(C(=O)NC(C)C)CC2)c2ccccc21. The van der Waals surface area contributed by atoms with Gasteiger partial charge in [0.15, 0.2) is 5.78 Å². The molecule has 1 amide bonds. The minimum Gasteiger partial charge on any atom is -0.354 e. The van der Waals surface area contributed by atoms with E-state index in [1.54, 1.807) is 0 Å². The summed E-state index contributed by atoms with van der Waals surface area (Å²) >= 11 is 0. The van der Waals surface area contributed by atoms with Crippen LogP contribution in [0.1, 0.15) is 44.0 Å². The Bertz CT molecular complexity index is 1090. The molecule has 0 bridgehead atoms. The van der Waals surface area contributed by atoms with E-state index < -0.39 is 0 Å². The van der Waals surface area contributed by atoms with Crippen molar-refractivity contribution in [3.8, 4) is 11.3 Å². The number of likely N-dealkylation sites (tertiary alicyclic amines) is 1. The number of carbonyl (C=O) groups is 2. The molecular formula is C27H33N3O2. The first kappa shape index (κ1) is 22.3. The van der Waals surface area contributed by atoms with E-state index in [1.807, 2.05) is 44.2 Å². The number of hydrogen-bond acceptors (Lipinski definition) is 3. The molecule has 1 saturated heterocycles. The van der Waals surface area contributed by atoms with E-state index >= 15 is 0 Å². The number of piperidine rings is 1. The number of fused-ring (bicyclic) bond motifs is 1. The Balaban J connectivity index is 1.59. The molecule has 168 valence electrons. The molecule has 32 heavy (non-hydrogen) atoms. The molecule has 0 unspecified atom stereocenters. The van der Waals surface area contributed by atoms with Crippen LogP contribution >= 0.6 is 0 Å². The Labute approximate surface area is 190 Å². The highest BCUT2D eigenvalue weighted by Crippen LogP contribution is 2.34. The van der Waals surface area contributed by atoms with Crippen molar-refractivity contribution >= 4 is 22.6 Å². The Morgan fingerprint density at radius 1 is 1.00 bits per heavy atom. The summed E-state index contributed by atoms with van der Waals surface area (Å²) in [5.74, 6) is 0.339. The third-order valence-electron chi connectivity index (χ3n) is 6.37. The van der Waals surface area contributed by atoms with E-state index in [4.69, 9.17) is 0 Å². The number of nitrogens with one attached hydrogen (secondary N) is 1. The van der Waals surface area contributed by atoms with E-state index in [1.165, 1.54) is 0 Å². The minimum atomic E-state index is 0.0469. The number of ketones is 1. The summed E-state index contributed by atoms with van der Waals surface area (Å²) in [6.07, 6.45) is 1.60. The predicted molar refractivity (Wildman–Crippen MR) is 130 cm³/mol. The highest BCUT2D eigenvalue weighted by Gasteiger charge is 2.28. The van der Waals surface area contributed by atoms with Gasteiger partial charge in [0.25, 0.3) is 0 Å². The van der Waals surface area contributed by atoms with Crippen LogP contribution in [0.3, 0.4) is 0 Å². The van der Waals surface area contributed by atoms with Gasteiger partial charge >= 0.3 is 0 Å². The maximum atomic E-state index is 13.7. The smallest absolute Gasteiger partial charge is 0.223 e. The van der Waals surface area contributed by atoms with Crippen molar-refractivity contribution in [1.82, 2.24) is 14.8 Å². The van der Waals surface area contributed by atoms with Gasteiger partial charge < -0.3 is 9.88 Å². The van der Waals surface area contributed by atoms with Gasteiger partial charge in [-0.25, -0.2) is 0 Å². The molecule has 0 radical (unpaired) electrons. The lowest BCUT2D eigenvalue weighted by atomic mass is 9.94. The maximum absolute atomic E-state index is 13.7. The van der Waals surface area contributed by atoms with Crippen LogP contribution in [0.5, 0.6) is 0 Å². The second-order valence-electron chi connectivity index (χ2n) is 8.99. The zero-order chi connectivity index (χ0) is 22.7. The Morgan fingerprint density at radius 2 is 1.66 bits per heavy atom. The fourth-order valence-corrected chi connectivity index (χ4v) is 4.85. The zero-order valence-corrected chi connectivity index (χ0v) is 19.3.